The van der Waals surface area contributed by atoms with E-state index in [-0.39, 0.29) is 17.5 Å². The summed E-state index contributed by atoms with van der Waals surface area (Å²) in [5.74, 6) is 0.0854. The third-order valence-electron chi connectivity index (χ3n) is 4.18. The van der Waals surface area contributed by atoms with Crippen LogP contribution in [0.3, 0.4) is 0 Å². The van der Waals surface area contributed by atoms with E-state index in [0.29, 0.717) is 24.2 Å². The zero-order chi connectivity index (χ0) is 19.3. The lowest BCUT2D eigenvalue weighted by atomic mass is 10.1. The third-order valence-corrected chi connectivity index (χ3v) is 6.15. The maximum absolute atomic E-state index is 12.8. The number of carbonyl (C=O) groups is 1. The highest BCUT2D eigenvalue weighted by Gasteiger charge is 2.38. The van der Waals surface area contributed by atoms with Crippen molar-refractivity contribution in [2.45, 2.75) is 17.4 Å². The van der Waals surface area contributed by atoms with Crippen molar-refractivity contribution in [3.05, 3.63) is 54.6 Å². The van der Waals surface area contributed by atoms with Crippen LogP contribution < -0.4 is 10.1 Å². The van der Waals surface area contributed by atoms with E-state index in [1.807, 2.05) is 30.3 Å². The van der Waals surface area contributed by atoms with Crippen LogP contribution in [-0.2, 0) is 14.8 Å². The zero-order valence-electron chi connectivity index (χ0n) is 14.4. The molecule has 1 fully saturated rings. The molecule has 2 N–H and O–H groups in total. The van der Waals surface area contributed by atoms with Crippen molar-refractivity contribution < 1.29 is 23.2 Å². The molecule has 0 aliphatic carbocycles. The van der Waals surface area contributed by atoms with Gasteiger partial charge in [-0.25, -0.2) is 8.42 Å². The molecule has 2 aromatic carbocycles. The van der Waals surface area contributed by atoms with Gasteiger partial charge in [0, 0.05) is 12.2 Å². The Labute approximate surface area is 157 Å². The summed E-state index contributed by atoms with van der Waals surface area (Å²) < 4.78 is 32.7. The maximum atomic E-state index is 12.8. The summed E-state index contributed by atoms with van der Waals surface area (Å²) in [5, 5.41) is 13.4. The van der Waals surface area contributed by atoms with E-state index in [2.05, 4.69) is 10.5 Å². The molecule has 3 rings (SSSR count). The van der Waals surface area contributed by atoms with Crippen LogP contribution in [0, 0.1) is 0 Å². The molecule has 1 amide bonds. The second kappa shape index (κ2) is 8.19. The van der Waals surface area contributed by atoms with E-state index in [1.54, 1.807) is 0 Å². The fourth-order valence-corrected chi connectivity index (χ4v) is 4.34. The van der Waals surface area contributed by atoms with E-state index in [1.165, 1.54) is 28.6 Å². The number of rotatable bonds is 7. The minimum atomic E-state index is -3.64. The van der Waals surface area contributed by atoms with E-state index < -0.39 is 15.9 Å². The number of hydrogen-bond acceptors (Lipinski definition) is 6. The molecule has 0 saturated carbocycles. The number of hydrogen-bond donors (Lipinski definition) is 2. The van der Waals surface area contributed by atoms with Gasteiger partial charge >= 0.3 is 0 Å². The molecule has 8 nitrogen and oxygen atoms in total. The summed E-state index contributed by atoms with van der Waals surface area (Å²) in [6, 6.07) is 14.8. The van der Waals surface area contributed by atoms with Gasteiger partial charge in [-0.3, -0.25) is 4.79 Å². The lowest BCUT2D eigenvalue weighted by Gasteiger charge is -2.39. The van der Waals surface area contributed by atoms with Gasteiger partial charge in [-0.2, -0.15) is 4.31 Å². The smallest absolute Gasteiger partial charge is 0.270 e. The largest absolute Gasteiger partial charge is 0.492 e. The maximum Gasteiger partial charge on any atom is 0.270 e. The quantitative estimate of drug-likeness (QED) is 0.427. The summed E-state index contributed by atoms with van der Waals surface area (Å²) in [5.41, 5.74) is 0.395. The monoisotopic (exact) mass is 389 g/mol. The molecule has 27 heavy (non-hydrogen) atoms. The number of nitrogens with zero attached hydrogens (tertiary/aromatic N) is 2. The predicted molar refractivity (Wildman–Crippen MR) is 99.6 cm³/mol. The van der Waals surface area contributed by atoms with Crippen molar-refractivity contribution in [2.24, 2.45) is 5.16 Å². The zero-order valence-corrected chi connectivity index (χ0v) is 15.2. The van der Waals surface area contributed by atoms with Crippen molar-refractivity contribution in [2.75, 3.05) is 18.5 Å². The first-order valence-corrected chi connectivity index (χ1v) is 9.73. The van der Waals surface area contributed by atoms with E-state index in [0.717, 1.165) is 6.42 Å². The van der Waals surface area contributed by atoms with Crippen molar-refractivity contribution in [1.29, 1.82) is 0 Å². The molecule has 1 aliphatic heterocycles. The molecule has 0 unspecified atom stereocenters. The van der Waals surface area contributed by atoms with Crippen molar-refractivity contribution in [3.8, 4) is 5.75 Å². The Balaban J connectivity index is 1.64. The summed E-state index contributed by atoms with van der Waals surface area (Å²) in [6.45, 7) is 0.731. The predicted octanol–water partition coefficient (Wildman–Crippen LogP) is 1.93. The summed E-state index contributed by atoms with van der Waals surface area (Å²) in [7, 11) is -3.64. The fraction of sp³-hybridized carbons (Fsp3) is 0.222. The fourth-order valence-electron chi connectivity index (χ4n) is 2.68. The second-order valence-corrected chi connectivity index (χ2v) is 7.83. The Kier molecular flexibility index (Phi) is 5.72. The van der Waals surface area contributed by atoms with Crippen LogP contribution in [0.1, 0.15) is 6.42 Å². The first-order valence-electron chi connectivity index (χ1n) is 8.29. The molecule has 0 spiro atoms. The molecule has 2 aromatic rings. The number of amides is 1. The van der Waals surface area contributed by atoms with Crippen molar-refractivity contribution in [3.63, 3.8) is 0 Å². The first kappa shape index (κ1) is 18.9. The van der Waals surface area contributed by atoms with Gasteiger partial charge in [0.15, 0.2) is 0 Å². The second-order valence-electron chi connectivity index (χ2n) is 5.94. The number of para-hydroxylation sites is 1. The molecule has 1 atom stereocenters. The van der Waals surface area contributed by atoms with Crippen LogP contribution in [0.2, 0.25) is 0 Å². The van der Waals surface area contributed by atoms with Crippen LogP contribution >= 0.6 is 0 Å². The first-order chi connectivity index (χ1) is 13.0. The minimum absolute atomic E-state index is 0.140. The topological polar surface area (TPSA) is 108 Å². The molecule has 1 saturated heterocycles. The van der Waals surface area contributed by atoms with E-state index in [9.17, 15) is 13.2 Å². The molecule has 0 bridgehead atoms. The Morgan fingerprint density at radius 3 is 2.52 bits per heavy atom. The minimum Gasteiger partial charge on any atom is -0.492 e. The Morgan fingerprint density at radius 2 is 1.93 bits per heavy atom. The number of benzene rings is 2. The molecule has 142 valence electrons. The van der Waals surface area contributed by atoms with Gasteiger partial charge in [-0.15, -0.1) is 0 Å². The standard InChI is InChI=1S/C18H19N3O5S/c22-18(12-19-23)20-14-6-8-17(9-7-14)27(24,25)21-11-10-15(21)13-26-16-4-2-1-3-5-16/h1-9,12,15,23H,10-11,13H2,(H,20,22)/t15-/m0/s1. The van der Waals surface area contributed by atoms with Gasteiger partial charge in [-0.1, -0.05) is 23.4 Å². The van der Waals surface area contributed by atoms with Crippen LogP contribution in [0.15, 0.2) is 64.6 Å². The molecule has 1 aliphatic rings. The number of ether oxygens (including phenoxy) is 1. The van der Waals surface area contributed by atoms with E-state index >= 15 is 0 Å². The van der Waals surface area contributed by atoms with Crippen molar-refractivity contribution in [1.82, 2.24) is 4.31 Å². The molecule has 0 radical (unpaired) electrons. The third kappa shape index (κ3) is 4.44. The molecular weight excluding hydrogens is 370 g/mol. The normalized spacial score (nSPS) is 17.4. The van der Waals surface area contributed by atoms with Crippen LogP contribution in [-0.4, -0.2) is 49.2 Å². The van der Waals surface area contributed by atoms with Crippen LogP contribution in [0.25, 0.3) is 0 Å². The van der Waals surface area contributed by atoms with Gasteiger partial charge in [-0.05, 0) is 42.8 Å². The lowest BCUT2D eigenvalue weighted by Crippen LogP contribution is -2.53. The molecule has 1 heterocycles. The highest BCUT2D eigenvalue weighted by atomic mass is 32.2. The van der Waals surface area contributed by atoms with Gasteiger partial charge < -0.3 is 15.3 Å². The molecular formula is C18H19N3O5S. The average molecular weight is 389 g/mol. The summed E-state index contributed by atoms with van der Waals surface area (Å²) >= 11 is 0. The Bertz CT molecular complexity index is 914. The van der Waals surface area contributed by atoms with Gasteiger partial charge in [0.25, 0.3) is 5.91 Å². The Hall–Kier alpha value is -2.91. The number of anilines is 1. The van der Waals surface area contributed by atoms with Gasteiger partial charge in [0.05, 0.1) is 10.9 Å². The highest BCUT2D eigenvalue weighted by molar-refractivity contribution is 7.89. The summed E-state index contributed by atoms with van der Waals surface area (Å²) in [6.07, 6.45) is 1.45. The highest BCUT2D eigenvalue weighted by Crippen LogP contribution is 2.28. The number of oxime groups is 1. The average Bonchev–Trinajstić information content (AvgIpc) is 2.62. The Morgan fingerprint density at radius 1 is 1.22 bits per heavy atom. The lowest BCUT2D eigenvalue weighted by molar-refractivity contribution is -0.110. The summed E-state index contributed by atoms with van der Waals surface area (Å²) in [4.78, 5) is 11.5. The van der Waals surface area contributed by atoms with Crippen LogP contribution in [0.5, 0.6) is 5.75 Å². The van der Waals surface area contributed by atoms with Crippen molar-refractivity contribution >= 4 is 27.8 Å². The van der Waals surface area contributed by atoms with Gasteiger partial charge in [0.2, 0.25) is 10.0 Å². The van der Waals surface area contributed by atoms with Crippen LogP contribution in [0.4, 0.5) is 5.69 Å². The number of sulfonamides is 1. The SMILES string of the molecule is O=C(C=NO)Nc1ccc(S(=O)(=O)N2CC[C@H]2COc2ccccc2)cc1. The van der Waals surface area contributed by atoms with E-state index in [4.69, 9.17) is 9.94 Å². The molecule has 0 aromatic heterocycles. The van der Waals surface area contributed by atoms with Gasteiger partial charge in [0.1, 0.15) is 18.6 Å². The molecule has 9 heteroatoms. The number of carbonyl (C=O) groups excluding carboxylic acids is 1. The number of nitrogens with one attached hydrogen (secondary N) is 1.